The Labute approximate surface area is 101 Å². The summed E-state index contributed by atoms with van der Waals surface area (Å²) in [5.41, 5.74) is 0. The van der Waals surface area contributed by atoms with E-state index in [-0.39, 0.29) is 0 Å². The fourth-order valence-corrected chi connectivity index (χ4v) is 2.94. The number of hydrogen-bond acceptors (Lipinski definition) is 4. The summed E-state index contributed by atoms with van der Waals surface area (Å²) in [5, 5.41) is 6.82. The monoisotopic (exact) mass is 240 g/mol. The molecule has 0 radical (unpaired) electrons. The van der Waals surface area contributed by atoms with E-state index in [1.54, 1.807) is 0 Å². The third kappa shape index (κ3) is 3.04. The first kappa shape index (κ1) is 12.0. The van der Waals surface area contributed by atoms with Gasteiger partial charge < -0.3 is 15.4 Å². The molecule has 0 bridgehead atoms. The SMILES string of the molecule is CNC1COCC1CNCc1ccc(C)s1. The van der Waals surface area contributed by atoms with Crippen LogP contribution >= 0.6 is 11.3 Å². The van der Waals surface area contributed by atoms with Gasteiger partial charge in [0, 0.05) is 34.8 Å². The molecule has 2 rings (SSSR count). The molecule has 2 heterocycles. The van der Waals surface area contributed by atoms with Gasteiger partial charge in [-0.25, -0.2) is 0 Å². The molecule has 1 aromatic heterocycles. The molecule has 1 aliphatic heterocycles. The first-order valence-electron chi connectivity index (χ1n) is 5.80. The molecule has 1 aromatic rings. The van der Waals surface area contributed by atoms with E-state index >= 15 is 0 Å². The predicted molar refractivity (Wildman–Crippen MR) is 67.9 cm³/mol. The van der Waals surface area contributed by atoms with Crippen molar-refractivity contribution >= 4 is 11.3 Å². The number of thiophene rings is 1. The molecule has 2 atom stereocenters. The fraction of sp³-hybridized carbons (Fsp3) is 0.667. The van der Waals surface area contributed by atoms with E-state index in [9.17, 15) is 0 Å². The van der Waals surface area contributed by atoms with Crippen molar-refractivity contribution in [2.24, 2.45) is 5.92 Å². The molecular weight excluding hydrogens is 220 g/mol. The lowest BCUT2D eigenvalue weighted by Gasteiger charge is -2.16. The average molecular weight is 240 g/mol. The van der Waals surface area contributed by atoms with Gasteiger partial charge in [-0.1, -0.05) is 0 Å². The molecule has 0 spiro atoms. The van der Waals surface area contributed by atoms with E-state index in [1.807, 2.05) is 18.4 Å². The largest absolute Gasteiger partial charge is 0.379 e. The van der Waals surface area contributed by atoms with Gasteiger partial charge in [0.1, 0.15) is 0 Å². The van der Waals surface area contributed by atoms with Crippen LogP contribution in [-0.2, 0) is 11.3 Å². The first-order valence-corrected chi connectivity index (χ1v) is 6.62. The normalized spacial score (nSPS) is 25.1. The smallest absolute Gasteiger partial charge is 0.0623 e. The summed E-state index contributed by atoms with van der Waals surface area (Å²) >= 11 is 1.87. The number of aryl methyl sites for hydroxylation is 1. The number of ether oxygens (including phenoxy) is 1. The van der Waals surface area contributed by atoms with Crippen LogP contribution in [0.25, 0.3) is 0 Å². The van der Waals surface area contributed by atoms with Gasteiger partial charge in [0.2, 0.25) is 0 Å². The predicted octanol–water partition coefficient (Wildman–Crippen LogP) is 1.38. The van der Waals surface area contributed by atoms with Gasteiger partial charge in [-0.2, -0.15) is 0 Å². The maximum absolute atomic E-state index is 5.47. The molecule has 2 N–H and O–H groups in total. The van der Waals surface area contributed by atoms with Crippen LogP contribution in [0.5, 0.6) is 0 Å². The van der Waals surface area contributed by atoms with Crippen molar-refractivity contribution < 1.29 is 4.74 Å². The minimum Gasteiger partial charge on any atom is -0.379 e. The van der Waals surface area contributed by atoms with Gasteiger partial charge in [-0.3, -0.25) is 0 Å². The highest BCUT2D eigenvalue weighted by atomic mass is 32.1. The lowest BCUT2D eigenvalue weighted by molar-refractivity contribution is 0.182. The van der Waals surface area contributed by atoms with E-state index in [1.165, 1.54) is 9.75 Å². The molecule has 90 valence electrons. The quantitative estimate of drug-likeness (QED) is 0.816. The zero-order valence-electron chi connectivity index (χ0n) is 9.95. The second-order valence-corrected chi connectivity index (χ2v) is 5.71. The maximum atomic E-state index is 5.47. The Kier molecular flexibility index (Phi) is 4.35. The molecule has 0 aromatic carbocycles. The molecule has 4 heteroatoms. The fourth-order valence-electron chi connectivity index (χ4n) is 2.08. The van der Waals surface area contributed by atoms with Crippen molar-refractivity contribution in [2.45, 2.75) is 19.5 Å². The molecule has 1 fully saturated rings. The second-order valence-electron chi connectivity index (χ2n) is 4.34. The Bertz CT molecular complexity index is 327. The summed E-state index contributed by atoms with van der Waals surface area (Å²) in [6.45, 7) is 5.88. The van der Waals surface area contributed by atoms with Crippen LogP contribution < -0.4 is 10.6 Å². The number of hydrogen-bond donors (Lipinski definition) is 2. The molecule has 0 aliphatic carbocycles. The van der Waals surface area contributed by atoms with E-state index in [0.29, 0.717) is 12.0 Å². The van der Waals surface area contributed by atoms with Gasteiger partial charge in [-0.05, 0) is 26.1 Å². The third-order valence-electron chi connectivity index (χ3n) is 3.07. The topological polar surface area (TPSA) is 33.3 Å². The van der Waals surface area contributed by atoms with Crippen molar-refractivity contribution in [3.05, 3.63) is 21.9 Å². The van der Waals surface area contributed by atoms with Crippen LogP contribution in [0, 0.1) is 12.8 Å². The Hall–Kier alpha value is -0.420. The van der Waals surface area contributed by atoms with Crippen molar-refractivity contribution in [3.8, 4) is 0 Å². The van der Waals surface area contributed by atoms with Crippen LogP contribution in [0.1, 0.15) is 9.75 Å². The zero-order chi connectivity index (χ0) is 11.4. The molecule has 0 amide bonds. The number of rotatable bonds is 5. The minimum absolute atomic E-state index is 0.512. The summed E-state index contributed by atoms with van der Waals surface area (Å²) in [4.78, 5) is 2.80. The Balaban J connectivity index is 1.71. The van der Waals surface area contributed by atoms with Gasteiger partial charge in [0.25, 0.3) is 0 Å². The highest BCUT2D eigenvalue weighted by Gasteiger charge is 2.26. The highest BCUT2D eigenvalue weighted by molar-refractivity contribution is 7.11. The summed E-state index contributed by atoms with van der Waals surface area (Å²) in [6, 6.07) is 4.89. The average Bonchev–Trinajstić information content (AvgIpc) is 2.87. The standard InChI is InChI=1S/C12H20N2OS/c1-9-3-4-11(16-9)6-14-5-10-7-15-8-12(10)13-2/h3-4,10,12-14H,5-8H2,1-2H3. The van der Waals surface area contributed by atoms with Gasteiger partial charge >= 0.3 is 0 Å². The van der Waals surface area contributed by atoms with Crippen molar-refractivity contribution in [1.82, 2.24) is 10.6 Å². The third-order valence-corrected chi connectivity index (χ3v) is 4.07. The van der Waals surface area contributed by atoms with E-state index in [2.05, 4.69) is 29.7 Å². The molecule has 3 nitrogen and oxygen atoms in total. The lowest BCUT2D eigenvalue weighted by Crippen LogP contribution is -2.38. The number of likely N-dealkylation sites (N-methyl/N-ethyl adjacent to an activating group) is 1. The summed E-state index contributed by atoms with van der Waals surface area (Å²) in [5.74, 6) is 0.603. The van der Waals surface area contributed by atoms with Gasteiger partial charge in [-0.15, -0.1) is 11.3 Å². The van der Waals surface area contributed by atoms with E-state index in [4.69, 9.17) is 4.74 Å². The molecule has 16 heavy (non-hydrogen) atoms. The second kappa shape index (κ2) is 5.77. The van der Waals surface area contributed by atoms with Gasteiger partial charge in [0.05, 0.1) is 13.2 Å². The van der Waals surface area contributed by atoms with Crippen LogP contribution in [0.3, 0.4) is 0 Å². The molecule has 1 saturated heterocycles. The number of nitrogens with one attached hydrogen (secondary N) is 2. The Morgan fingerprint density at radius 3 is 3.00 bits per heavy atom. The van der Waals surface area contributed by atoms with E-state index < -0.39 is 0 Å². The Morgan fingerprint density at radius 1 is 1.44 bits per heavy atom. The van der Waals surface area contributed by atoms with Crippen molar-refractivity contribution in [1.29, 1.82) is 0 Å². The molecular formula is C12H20N2OS. The molecule has 1 aliphatic rings. The van der Waals surface area contributed by atoms with Crippen LogP contribution in [0.2, 0.25) is 0 Å². The zero-order valence-corrected chi connectivity index (χ0v) is 10.8. The van der Waals surface area contributed by atoms with Crippen molar-refractivity contribution in [2.75, 3.05) is 26.8 Å². The first-order chi connectivity index (χ1) is 7.79. The summed E-state index contributed by atoms with van der Waals surface area (Å²) in [7, 11) is 2.01. The minimum atomic E-state index is 0.512. The van der Waals surface area contributed by atoms with Crippen LogP contribution in [0.15, 0.2) is 12.1 Å². The molecule has 0 saturated carbocycles. The van der Waals surface area contributed by atoms with E-state index in [0.717, 1.165) is 26.3 Å². The van der Waals surface area contributed by atoms with Gasteiger partial charge in [0.15, 0.2) is 0 Å². The summed E-state index contributed by atoms with van der Waals surface area (Å²) in [6.07, 6.45) is 0. The Morgan fingerprint density at radius 2 is 2.31 bits per heavy atom. The molecule has 2 unspecified atom stereocenters. The highest BCUT2D eigenvalue weighted by Crippen LogP contribution is 2.16. The maximum Gasteiger partial charge on any atom is 0.0623 e. The lowest BCUT2D eigenvalue weighted by atomic mass is 10.0. The van der Waals surface area contributed by atoms with Crippen LogP contribution in [0.4, 0.5) is 0 Å². The van der Waals surface area contributed by atoms with Crippen molar-refractivity contribution in [3.63, 3.8) is 0 Å². The van der Waals surface area contributed by atoms with Crippen LogP contribution in [-0.4, -0.2) is 32.8 Å². The summed E-state index contributed by atoms with van der Waals surface area (Å²) < 4.78 is 5.47.